The van der Waals surface area contributed by atoms with Crippen molar-refractivity contribution in [2.75, 3.05) is 13.1 Å². The summed E-state index contributed by atoms with van der Waals surface area (Å²) in [4.78, 5) is 27.1. The van der Waals surface area contributed by atoms with E-state index in [9.17, 15) is 14.0 Å². The smallest absolute Gasteiger partial charge is 0.270 e. The average Bonchev–Trinajstić information content (AvgIpc) is 3.30. The largest absolute Gasteiger partial charge is 0.352 e. The lowest BCUT2D eigenvalue weighted by Crippen LogP contribution is -2.43. The molecule has 0 saturated carbocycles. The van der Waals surface area contributed by atoms with Crippen LogP contribution in [0.4, 0.5) is 4.39 Å². The standard InChI is InChI=1S/C21H22FN3O2S/c1-24-17-8-11-28-19(17)12-18(24)21(27)25-9-6-15(7-10-25)20(26)23-13-14-2-4-16(22)5-3-14/h2-5,8,11-12,15H,6-7,9-10,13H2,1H3,(H,23,26). The third-order valence-corrected chi connectivity index (χ3v) is 6.27. The minimum Gasteiger partial charge on any atom is -0.352 e. The van der Waals surface area contributed by atoms with E-state index in [1.165, 1.54) is 12.1 Å². The molecule has 1 saturated heterocycles. The summed E-state index contributed by atoms with van der Waals surface area (Å²) in [5, 5.41) is 4.94. The summed E-state index contributed by atoms with van der Waals surface area (Å²) in [5.74, 6) is -0.363. The van der Waals surface area contributed by atoms with Crippen LogP contribution in [0.1, 0.15) is 28.9 Å². The molecule has 4 rings (SSSR count). The first kappa shape index (κ1) is 18.7. The van der Waals surface area contributed by atoms with E-state index in [0.29, 0.717) is 38.2 Å². The van der Waals surface area contributed by atoms with Gasteiger partial charge in [-0.2, -0.15) is 0 Å². The Morgan fingerprint density at radius 3 is 2.57 bits per heavy atom. The molecule has 146 valence electrons. The van der Waals surface area contributed by atoms with Gasteiger partial charge in [0.25, 0.3) is 5.91 Å². The number of benzene rings is 1. The highest BCUT2D eigenvalue weighted by Crippen LogP contribution is 2.26. The molecule has 1 fully saturated rings. The molecule has 0 spiro atoms. The van der Waals surface area contributed by atoms with Gasteiger partial charge < -0.3 is 14.8 Å². The molecule has 0 radical (unpaired) electrons. The molecule has 0 aliphatic carbocycles. The van der Waals surface area contributed by atoms with Gasteiger partial charge in [-0.05, 0) is 48.1 Å². The maximum atomic E-state index is 12.9. The maximum Gasteiger partial charge on any atom is 0.270 e. The van der Waals surface area contributed by atoms with Crippen molar-refractivity contribution in [1.82, 2.24) is 14.8 Å². The lowest BCUT2D eigenvalue weighted by molar-refractivity contribution is -0.126. The van der Waals surface area contributed by atoms with Gasteiger partial charge in [0.15, 0.2) is 0 Å². The maximum absolute atomic E-state index is 12.9. The Morgan fingerprint density at radius 2 is 1.89 bits per heavy atom. The van der Waals surface area contributed by atoms with Crippen LogP contribution in [-0.4, -0.2) is 34.4 Å². The summed E-state index contributed by atoms with van der Waals surface area (Å²) in [6.45, 7) is 1.54. The molecule has 0 atom stereocenters. The lowest BCUT2D eigenvalue weighted by Gasteiger charge is -2.31. The summed E-state index contributed by atoms with van der Waals surface area (Å²) < 4.78 is 16.0. The number of rotatable bonds is 4. The third-order valence-electron chi connectivity index (χ3n) is 5.42. The Balaban J connectivity index is 1.31. The Bertz CT molecular complexity index is 1000. The number of aromatic nitrogens is 1. The van der Waals surface area contributed by atoms with Crippen LogP contribution < -0.4 is 5.32 Å². The summed E-state index contributed by atoms with van der Waals surface area (Å²) in [5.41, 5.74) is 2.63. The number of hydrogen-bond acceptors (Lipinski definition) is 3. The van der Waals surface area contributed by atoms with Gasteiger partial charge in [-0.15, -0.1) is 11.3 Å². The second-order valence-electron chi connectivity index (χ2n) is 7.17. The van der Waals surface area contributed by atoms with Crippen molar-refractivity contribution in [3.63, 3.8) is 0 Å². The van der Waals surface area contributed by atoms with Crippen LogP contribution in [0, 0.1) is 11.7 Å². The Kier molecular flexibility index (Phi) is 5.17. The van der Waals surface area contributed by atoms with Gasteiger partial charge in [0.1, 0.15) is 11.5 Å². The molecule has 3 heterocycles. The molecule has 28 heavy (non-hydrogen) atoms. The van der Waals surface area contributed by atoms with E-state index in [2.05, 4.69) is 5.32 Å². The number of aryl methyl sites for hydroxylation is 1. The molecule has 2 amide bonds. The summed E-state index contributed by atoms with van der Waals surface area (Å²) in [6.07, 6.45) is 1.31. The molecule has 7 heteroatoms. The van der Waals surface area contributed by atoms with Crippen LogP contribution in [0.2, 0.25) is 0 Å². The molecule has 3 aromatic rings. The zero-order chi connectivity index (χ0) is 19.7. The fraction of sp³-hybridized carbons (Fsp3) is 0.333. The first-order chi connectivity index (χ1) is 13.5. The highest BCUT2D eigenvalue weighted by molar-refractivity contribution is 7.17. The number of nitrogens with zero attached hydrogens (tertiary/aromatic N) is 2. The normalized spacial score (nSPS) is 15.1. The first-order valence-electron chi connectivity index (χ1n) is 9.37. The van der Waals surface area contributed by atoms with Crippen molar-refractivity contribution in [3.05, 3.63) is 58.9 Å². The van der Waals surface area contributed by atoms with Crippen molar-refractivity contribution < 1.29 is 14.0 Å². The van der Waals surface area contributed by atoms with Crippen LogP contribution in [0.5, 0.6) is 0 Å². The van der Waals surface area contributed by atoms with Crippen molar-refractivity contribution in [2.45, 2.75) is 19.4 Å². The fourth-order valence-electron chi connectivity index (χ4n) is 3.70. The third kappa shape index (κ3) is 3.67. The highest BCUT2D eigenvalue weighted by Gasteiger charge is 2.29. The highest BCUT2D eigenvalue weighted by atomic mass is 32.1. The SMILES string of the molecule is Cn1c(C(=O)N2CCC(C(=O)NCc3ccc(F)cc3)CC2)cc2sccc21. The van der Waals surface area contributed by atoms with Crippen molar-refractivity contribution in [2.24, 2.45) is 13.0 Å². The molecular formula is C21H22FN3O2S. The number of amides is 2. The van der Waals surface area contributed by atoms with E-state index in [1.54, 1.807) is 23.5 Å². The number of fused-ring (bicyclic) bond motifs is 1. The van der Waals surface area contributed by atoms with Gasteiger partial charge in [0.05, 0.1) is 10.2 Å². The molecule has 0 unspecified atom stereocenters. The van der Waals surface area contributed by atoms with Crippen molar-refractivity contribution >= 4 is 33.4 Å². The van der Waals surface area contributed by atoms with Crippen molar-refractivity contribution in [1.29, 1.82) is 0 Å². The molecule has 5 nitrogen and oxygen atoms in total. The number of hydrogen-bond donors (Lipinski definition) is 1. The zero-order valence-electron chi connectivity index (χ0n) is 15.7. The fourth-order valence-corrected chi connectivity index (χ4v) is 4.55. The molecule has 2 aromatic heterocycles. The van der Waals surface area contributed by atoms with Crippen LogP contribution >= 0.6 is 11.3 Å². The predicted molar refractivity (Wildman–Crippen MR) is 108 cm³/mol. The van der Waals surface area contributed by atoms with Crippen LogP contribution in [0.25, 0.3) is 10.2 Å². The van der Waals surface area contributed by atoms with E-state index < -0.39 is 0 Å². The molecular weight excluding hydrogens is 377 g/mol. The summed E-state index contributed by atoms with van der Waals surface area (Å²) in [7, 11) is 1.91. The monoisotopic (exact) mass is 399 g/mol. The van der Waals surface area contributed by atoms with E-state index in [0.717, 1.165) is 15.8 Å². The number of thiophene rings is 1. The average molecular weight is 399 g/mol. The summed E-state index contributed by atoms with van der Waals surface area (Å²) in [6, 6.07) is 10.1. The van der Waals surface area contributed by atoms with Gasteiger partial charge in [-0.3, -0.25) is 9.59 Å². The first-order valence-corrected chi connectivity index (χ1v) is 10.3. The second kappa shape index (κ2) is 7.75. The number of likely N-dealkylation sites (tertiary alicyclic amines) is 1. The van der Waals surface area contributed by atoms with Gasteiger partial charge in [-0.25, -0.2) is 4.39 Å². The number of piperidine rings is 1. The Hall–Kier alpha value is -2.67. The molecule has 0 bridgehead atoms. The van der Waals surface area contributed by atoms with Crippen LogP contribution in [0.15, 0.2) is 41.8 Å². The summed E-state index contributed by atoms with van der Waals surface area (Å²) >= 11 is 1.63. The minimum atomic E-state index is -0.287. The van der Waals surface area contributed by atoms with Crippen LogP contribution in [-0.2, 0) is 18.4 Å². The lowest BCUT2D eigenvalue weighted by atomic mass is 9.95. The number of carbonyl (C=O) groups excluding carboxylic acids is 2. The van der Waals surface area contributed by atoms with E-state index in [1.807, 2.05) is 34.0 Å². The van der Waals surface area contributed by atoms with E-state index in [4.69, 9.17) is 0 Å². The molecule has 1 aliphatic rings. The van der Waals surface area contributed by atoms with Gasteiger partial charge in [0, 0.05) is 32.6 Å². The number of carbonyl (C=O) groups is 2. The number of halogens is 1. The molecule has 1 N–H and O–H groups in total. The quantitative estimate of drug-likeness (QED) is 0.730. The van der Waals surface area contributed by atoms with Gasteiger partial charge in [-0.1, -0.05) is 12.1 Å². The Labute approximate surface area is 166 Å². The Morgan fingerprint density at radius 1 is 1.18 bits per heavy atom. The second-order valence-corrected chi connectivity index (χ2v) is 8.12. The van der Waals surface area contributed by atoms with Gasteiger partial charge >= 0.3 is 0 Å². The molecule has 1 aliphatic heterocycles. The van der Waals surface area contributed by atoms with Crippen molar-refractivity contribution in [3.8, 4) is 0 Å². The van der Waals surface area contributed by atoms with E-state index >= 15 is 0 Å². The minimum absolute atomic E-state index is 0.00388. The van der Waals surface area contributed by atoms with Crippen LogP contribution in [0.3, 0.4) is 0 Å². The predicted octanol–water partition coefficient (Wildman–Crippen LogP) is 3.55. The topological polar surface area (TPSA) is 54.3 Å². The molecule has 1 aromatic carbocycles. The zero-order valence-corrected chi connectivity index (χ0v) is 16.5. The number of nitrogens with one attached hydrogen (secondary N) is 1. The van der Waals surface area contributed by atoms with E-state index in [-0.39, 0.29) is 23.5 Å². The van der Waals surface area contributed by atoms with Gasteiger partial charge in [0.2, 0.25) is 5.91 Å².